The molecule has 2 heterocycles. The minimum absolute atomic E-state index is 0.102. The Morgan fingerprint density at radius 1 is 1.07 bits per heavy atom. The van der Waals surface area contributed by atoms with E-state index in [2.05, 4.69) is 4.98 Å². The molecular formula is C19H17ClFN2O3S+. The van der Waals surface area contributed by atoms with Gasteiger partial charge in [-0.2, -0.15) is 0 Å². The lowest BCUT2D eigenvalue weighted by Gasteiger charge is -2.30. The van der Waals surface area contributed by atoms with Gasteiger partial charge in [0.15, 0.2) is 11.1 Å². The van der Waals surface area contributed by atoms with Crippen LogP contribution in [-0.2, 0) is 14.6 Å². The molecule has 0 saturated carbocycles. The third-order valence-corrected chi connectivity index (χ3v) is 6.60. The van der Waals surface area contributed by atoms with Crippen LogP contribution in [0.2, 0.25) is 5.02 Å². The molecule has 0 unspecified atom stereocenters. The van der Waals surface area contributed by atoms with Crippen LogP contribution < -0.4 is 9.88 Å². The van der Waals surface area contributed by atoms with Gasteiger partial charge in [0, 0.05) is 24.2 Å². The quantitative estimate of drug-likeness (QED) is 0.669. The Balaban J connectivity index is 1.98. The molecule has 1 fully saturated rings. The first-order valence-corrected chi connectivity index (χ1v) is 10.3. The van der Waals surface area contributed by atoms with Gasteiger partial charge in [0.05, 0.1) is 29.2 Å². The van der Waals surface area contributed by atoms with E-state index in [4.69, 9.17) is 16.3 Å². The van der Waals surface area contributed by atoms with Crippen LogP contribution in [0.3, 0.4) is 0 Å². The summed E-state index contributed by atoms with van der Waals surface area (Å²) in [6, 6.07) is 10.3. The van der Waals surface area contributed by atoms with Gasteiger partial charge in [-0.3, -0.25) is 0 Å². The van der Waals surface area contributed by atoms with Gasteiger partial charge in [0.2, 0.25) is 15.4 Å². The van der Waals surface area contributed by atoms with E-state index in [-0.39, 0.29) is 9.79 Å². The van der Waals surface area contributed by atoms with Crippen molar-refractivity contribution in [2.75, 3.05) is 31.2 Å². The Labute approximate surface area is 161 Å². The van der Waals surface area contributed by atoms with Crippen molar-refractivity contribution in [2.45, 2.75) is 9.79 Å². The van der Waals surface area contributed by atoms with E-state index in [0.29, 0.717) is 47.9 Å². The highest BCUT2D eigenvalue weighted by Gasteiger charge is 2.30. The predicted octanol–water partition coefficient (Wildman–Crippen LogP) is 3.12. The smallest absolute Gasteiger partial charge is 0.214 e. The Morgan fingerprint density at radius 3 is 2.48 bits per heavy atom. The van der Waals surface area contributed by atoms with E-state index in [1.807, 2.05) is 4.90 Å². The van der Waals surface area contributed by atoms with Crippen molar-refractivity contribution >= 4 is 38.0 Å². The molecule has 1 saturated heterocycles. The van der Waals surface area contributed by atoms with Gasteiger partial charge < -0.3 is 9.64 Å². The summed E-state index contributed by atoms with van der Waals surface area (Å²) in [5, 5.41) is 0.974. The third kappa shape index (κ3) is 3.38. The zero-order valence-corrected chi connectivity index (χ0v) is 15.9. The molecule has 0 atom stereocenters. The molecule has 0 aliphatic carbocycles. The zero-order valence-electron chi connectivity index (χ0n) is 14.3. The van der Waals surface area contributed by atoms with E-state index in [1.165, 1.54) is 42.6 Å². The number of hydrogen-bond acceptors (Lipinski definition) is 4. The second kappa shape index (κ2) is 7.07. The van der Waals surface area contributed by atoms with E-state index in [0.717, 1.165) is 0 Å². The maximum absolute atomic E-state index is 14.0. The summed E-state index contributed by atoms with van der Waals surface area (Å²) < 4.78 is 46.0. The van der Waals surface area contributed by atoms with Crippen molar-refractivity contribution in [1.29, 1.82) is 0 Å². The van der Waals surface area contributed by atoms with Crippen LogP contribution in [0.4, 0.5) is 10.1 Å². The van der Waals surface area contributed by atoms with E-state index in [9.17, 15) is 12.8 Å². The van der Waals surface area contributed by atoms with Crippen molar-refractivity contribution in [1.82, 2.24) is 0 Å². The molecular weight excluding hydrogens is 391 g/mol. The van der Waals surface area contributed by atoms with E-state index >= 15 is 0 Å². The van der Waals surface area contributed by atoms with Crippen LogP contribution in [-0.4, -0.2) is 34.7 Å². The molecule has 1 aliphatic rings. The topological polar surface area (TPSA) is 60.8 Å². The molecule has 140 valence electrons. The number of aromatic amines is 1. The minimum Gasteiger partial charge on any atom is -0.378 e. The molecule has 3 aromatic rings. The van der Waals surface area contributed by atoms with Gasteiger partial charge >= 0.3 is 0 Å². The SMILES string of the molecule is O=S(=O)(c1ccc(Cl)cc1)c1c[nH+]c2ccc(F)cc2c1N1CCOCC1. The maximum Gasteiger partial charge on any atom is 0.214 e. The number of sulfone groups is 1. The monoisotopic (exact) mass is 407 g/mol. The predicted molar refractivity (Wildman–Crippen MR) is 100 cm³/mol. The number of pyridine rings is 1. The number of benzene rings is 2. The fourth-order valence-electron chi connectivity index (χ4n) is 3.24. The summed E-state index contributed by atoms with van der Waals surface area (Å²) in [7, 11) is -3.83. The first-order chi connectivity index (χ1) is 13.0. The summed E-state index contributed by atoms with van der Waals surface area (Å²) >= 11 is 5.89. The largest absolute Gasteiger partial charge is 0.378 e. The number of morpholine rings is 1. The van der Waals surface area contributed by atoms with Crippen molar-refractivity contribution < 1.29 is 22.5 Å². The summed E-state index contributed by atoms with van der Waals surface area (Å²) in [6.07, 6.45) is 1.47. The van der Waals surface area contributed by atoms with Gasteiger partial charge in [-0.1, -0.05) is 11.6 Å². The number of ether oxygens (including phenoxy) is 1. The fraction of sp³-hybridized carbons (Fsp3) is 0.211. The van der Waals surface area contributed by atoms with Gasteiger partial charge in [-0.05, 0) is 36.4 Å². The van der Waals surface area contributed by atoms with Crippen molar-refractivity contribution in [3.05, 3.63) is 59.5 Å². The first-order valence-electron chi connectivity index (χ1n) is 8.44. The molecule has 2 aromatic carbocycles. The fourth-order valence-corrected chi connectivity index (χ4v) is 4.82. The zero-order chi connectivity index (χ0) is 19.0. The molecule has 1 aliphatic heterocycles. The molecule has 5 nitrogen and oxygen atoms in total. The standard InChI is InChI=1S/C19H16ClFN2O3S/c20-13-1-4-15(5-2-13)27(24,25)18-12-22-17-6-3-14(21)11-16(17)19(18)23-7-9-26-10-8-23/h1-6,11-12H,7-10H2/p+1. The molecule has 1 aromatic heterocycles. The molecule has 8 heteroatoms. The van der Waals surface area contributed by atoms with Crippen molar-refractivity contribution in [2.24, 2.45) is 0 Å². The average molecular weight is 408 g/mol. The van der Waals surface area contributed by atoms with Gasteiger partial charge in [0.1, 0.15) is 5.82 Å². The van der Waals surface area contributed by atoms with E-state index in [1.54, 1.807) is 6.07 Å². The average Bonchev–Trinajstić information content (AvgIpc) is 2.68. The summed E-state index contributed by atoms with van der Waals surface area (Å²) in [5.74, 6) is -0.425. The molecule has 0 amide bonds. The minimum atomic E-state index is -3.83. The molecule has 0 radical (unpaired) electrons. The van der Waals surface area contributed by atoms with Crippen LogP contribution in [0.5, 0.6) is 0 Å². The molecule has 0 bridgehead atoms. The number of halogens is 2. The second-order valence-corrected chi connectivity index (χ2v) is 8.60. The van der Waals surface area contributed by atoms with Gasteiger partial charge in [-0.25, -0.2) is 17.8 Å². The highest BCUT2D eigenvalue weighted by Crippen LogP contribution is 2.35. The Morgan fingerprint density at radius 2 is 1.78 bits per heavy atom. The van der Waals surface area contributed by atoms with Crippen LogP contribution in [0.1, 0.15) is 0 Å². The van der Waals surface area contributed by atoms with Gasteiger partial charge in [-0.15, -0.1) is 0 Å². The number of nitrogens with one attached hydrogen (secondary N) is 1. The Hall–Kier alpha value is -2.22. The molecule has 27 heavy (non-hydrogen) atoms. The summed E-state index contributed by atoms with van der Waals surface area (Å²) in [6.45, 7) is 2.02. The molecule has 0 spiro atoms. The van der Waals surface area contributed by atoms with E-state index < -0.39 is 15.7 Å². The van der Waals surface area contributed by atoms with Crippen molar-refractivity contribution in [3.8, 4) is 0 Å². The van der Waals surface area contributed by atoms with Gasteiger partial charge in [0.25, 0.3) is 0 Å². The van der Waals surface area contributed by atoms with Crippen LogP contribution in [0.25, 0.3) is 10.9 Å². The number of anilines is 1. The maximum atomic E-state index is 14.0. The number of rotatable bonds is 3. The lowest BCUT2D eigenvalue weighted by molar-refractivity contribution is -0.347. The number of fused-ring (bicyclic) bond motifs is 1. The number of H-pyrrole nitrogens is 1. The Bertz CT molecular complexity index is 1100. The Kier molecular flexibility index (Phi) is 4.75. The van der Waals surface area contributed by atoms with Crippen LogP contribution in [0, 0.1) is 5.82 Å². The molecule has 4 rings (SSSR count). The first kappa shape index (κ1) is 18.2. The lowest BCUT2D eigenvalue weighted by atomic mass is 10.1. The van der Waals surface area contributed by atoms with Crippen molar-refractivity contribution in [3.63, 3.8) is 0 Å². The highest BCUT2D eigenvalue weighted by atomic mass is 35.5. The summed E-state index contributed by atoms with van der Waals surface area (Å²) in [4.78, 5) is 5.15. The van der Waals surface area contributed by atoms with Crippen LogP contribution >= 0.6 is 11.6 Å². The number of hydrogen-bond donors (Lipinski definition) is 0. The highest BCUT2D eigenvalue weighted by molar-refractivity contribution is 7.91. The number of nitrogens with zero attached hydrogens (tertiary/aromatic N) is 1. The molecule has 1 N–H and O–H groups in total. The summed E-state index contributed by atoms with van der Waals surface area (Å²) in [5.41, 5.74) is 1.15. The lowest BCUT2D eigenvalue weighted by Crippen LogP contribution is -2.37. The normalized spacial score (nSPS) is 15.3. The third-order valence-electron chi connectivity index (χ3n) is 4.57. The number of aromatic nitrogens is 1. The van der Waals surface area contributed by atoms with Crippen LogP contribution in [0.15, 0.2) is 58.5 Å². The second-order valence-electron chi connectivity index (χ2n) is 6.25.